The summed E-state index contributed by atoms with van der Waals surface area (Å²) in [6, 6.07) is 50.3. The van der Waals surface area contributed by atoms with Crippen LogP contribution < -0.4 is 0 Å². The van der Waals surface area contributed by atoms with Gasteiger partial charge in [-0.3, -0.25) is 4.57 Å². The van der Waals surface area contributed by atoms with Gasteiger partial charge < -0.3 is 0 Å². The molecule has 3 heteroatoms. The molecule has 0 saturated carbocycles. The Morgan fingerprint density at radius 2 is 1.15 bits per heavy atom. The highest BCUT2D eigenvalue weighted by molar-refractivity contribution is 6.14. The van der Waals surface area contributed by atoms with E-state index in [1.54, 1.807) is 0 Å². The first-order valence-electron chi connectivity index (χ1n) is 15.9. The van der Waals surface area contributed by atoms with Crippen LogP contribution in [0.3, 0.4) is 0 Å². The van der Waals surface area contributed by atoms with Crippen molar-refractivity contribution in [3.05, 3.63) is 151 Å². The molecule has 3 nitrogen and oxygen atoms in total. The van der Waals surface area contributed by atoms with Crippen LogP contribution in [0.5, 0.6) is 0 Å². The van der Waals surface area contributed by atoms with E-state index in [1.165, 1.54) is 60.1 Å². The van der Waals surface area contributed by atoms with Crippen LogP contribution in [0.2, 0.25) is 0 Å². The Bertz CT molecular complexity index is 2730. The van der Waals surface area contributed by atoms with Gasteiger partial charge in [0.1, 0.15) is 0 Å². The number of rotatable bonds is 2. The molecule has 10 rings (SSSR count). The maximum absolute atomic E-state index is 5.56. The number of fused-ring (bicyclic) bond motifs is 10. The number of para-hydroxylation sites is 2. The third kappa shape index (κ3) is 3.37. The Morgan fingerprint density at radius 1 is 0.500 bits per heavy atom. The standard InChI is InChI=1S/C43H29N3/c1-43(2)35-20-10-7-18-31(35)39-29-16-6-5-15-28(29)24-34(40(39)43)41-32-19-8-11-21-36(32)44-42(45-41)46-37-22-12-9-17-30(37)33-23-26-13-3-4-14-27(26)25-38(33)46/h3-25H,1-2H3. The van der Waals surface area contributed by atoms with Crippen LogP contribution in [-0.4, -0.2) is 14.5 Å². The lowest BCUT2D eigenvalue weighted by Gasteiger charge is -2.25. The Balaban J connectivity index is 1.35. The molecule has 0 saturated heterocycles. The van der Waals surface area contributed by atoms with Crippen LogP contribution in [0.25, 0.3) is 82.6 Å². The lowest BCUT2D eigenvalue weighted by atomic mass is 9.78. The van der Waals surface area contributed by atoms with Crippen molar-refractivity contribution in [2.45, 2.75) is 19.3 Å². The highest BCUT2D eigenvalue weighted by Crippen LogP contribution is 2.55. The van der Waals surface area contributed by atoms with Crippen molar-refractivity contribution in [2.24, 2.45) is 0 Å². The predicted octanol–water partition coefficient (Wildman–Crippen LogP) is 11.0. The summed E-state index contributed by atoms with van der Waals surface area (Å²) >= 11 is 0. The normalized spacial score (nSPS) is 13.6. The van der Waals surface area contributed by atoms with Crippen molar-refractivity contribution in [2.75, 3.05) is 0 Å². The largest absolute Gasteiger partial charge is 0.278 e. The van der Waals surface area contributed by atoms with Crippen molar-refractivity contribution in [3.63, 3.8) is 0 Å². The second kappa shape index (κ2) is 9.12. The van der Waals surface area contributed by atoms with E-state index >= 15 is 0 Å². The van der Waals surface area contributed by atoms with Crippen LogP contribution >= 0.6 is 0 Å². The molecule has 0 N–H and O–H groups in total. The minimum absolute atomic E-state index is 0.205. The number of hydrogen-bond donors (Lipinski definition) is 0. The molecule has 2 heterocycles. The molecule has 0 spiro atoms. The van der Waals surface area contributed by atoms with Gasteiger partial charge in [0.05, 0.1) is 22.2 Å². The van der Waals surface area contributed by atoms with Crippen molar-refractivity contribution in [1.82, 2.24) is 14.5 Å². The second-order valence-electron chi connectivity index (χ2n) is 13.0. The molecule has 9 aromatic rings. The zero-order chi connectivity index (χ0) is 30.6. The highest BCUT2D eigenvalue weighted by Gasteiger charge is 2.39. The Morgan fingerprint density at radius 3 is 2.00 bits per heavy atom. The summed E-state index contributed by atoms with van der Waals surface area (Å²) in [5.41, 5.74) is 10.4. The number of hydrogen-bond acceptors (Lipinski definition) is 2. The smallest absolute Gasteiger partial charge is 0.235 e. The van der Waals surface area contributed by atoms with Crippen LogP contribution in [0.15, 0.2) is 140 Å². The summed E-state index contributed by atoms with van der Waals surface area (Å²) in [4.78, 5) is 10.8. The highest BCUT2D eigenvalue weighted by atomic mass is 15.2. The van der Waals surface area contributed by atoms with Gasteiger partial charge in [-0.1, -0.05) is 123 Å². The number of aromatic nitrogens is 3. The number of benzene rings is 7. The van der Waals surface area contributed by atoms with E-state index in [0.29, 0.717) is 5.95 Å². The van der Waals surface area contributed by atoms with Crippen LogP contribution in [-0.2, 0) is 5.41 Å². The van der Waals surface area contributed by atoms with Gasteiger partial charge in [0.25, 0.3) is 0 Å². The third-order valence-corrected chi connectivity index (χ3v) is 10.1. The predicted molar refractivity (Wildman–Crippen MR) is 192 cm³/mol. The summed E-state index contributed by atoms with van der Waals surface area (Å²) in [5, 5.41) is 8.39. The molecule has 216 valence electrons. The molecule has 7 aromatic carbocycles. The maximum Gasteiger partial charge on any atom is 0.235 e. The first-order chi connectivity index (χ1) is 22.6. The Labute approximate surface area is 266 Å². The molecule has 0 amide bonds. The van der Waals surface area contributed by atoms with E-state index in [-0.39, 0.29) is 5.41 Å². The van der Waals surface area contributed by atoms with Gasteiger partial charge >= 0.3 is 0 Å². The quantitative estimate of drug-likeness (QED) is 0.201. The third-order valence-electron chi connectivity index (χ3n) is 10.1. The fraction of sp³-hybridized carbons (Fsp3) is 0.0698. The maximum atomic E-state index is 5.56. The zero-order valence-electron chi connectivity index (χ0n) is 25.6. The lowest BCUT2D eigenvalue weighted by molar-refractivity contribution is 0.662. The monoisotopic (exact) mass is 587 g/mol. The van der Waals surface area contributed by atoms with E-state index in [0.717, 1.165) is 27.6 Å². The van der Waals surface area contributed by atoms with Gasteiger partial charge in [0.15, 0.2) is 0 Å². The summed E-state index contributed by atoms with van der Waals surface area (Å²) < 4.78 is 2.26. The van der Waals surface area contributed by atoms with Gasteiger partial charge in [-0.15, -0.1) is 0 Å². The van der Waals surface area contributed by atoms with E-state index in [9.17, 15) is 0 Å². The van der Waals surface area contributed by atoms with Gasteiger partial charge in [-0.25, -0.2) is 9.97 Å². The molecular formula is C43H29N3. The van der Waals surface area contributed by atoms with Crippen LogP contribution in [0, 0.1) is 0 Å². The van der Waals surface area contributed by atoms with Crippen molar-refractivity contribution in [3.8, 4) is 28.3 Å². The van der Waals surface area contributed by atoms with E-state index < -0.39 is 0 Å². The van der Waals surface area contributed by atoms with E-state index in [1.807, 2.05) is 0 Å². The summed E-state index contributed by atoms with van der Waals surface area (Å²) in [6.07, 6.45) is 0. The molecule has 0 fully saturated rings. The molecule has 0 radical (unpaired) electrons. The molecule has 0 bridgehead atoms. The van der Waals surface area contributed by atoms with Gasteiger partial charge in [0.2, 0.25) is 5.95 Å². The average Bonchev–Trinajstić information content (AvgIpc) is 3.55. The Kier molecular flexibility index (Phi) is 5.06. The molecule has 0 unspecified atom stereocenters. The minimum Gasteiger partial charge on any atom is -0.278 e. The molecule has 0 atom stereocenters. The fourth-order valence-corrected chi connectivity index (χ4v) is 8.08. The minimum atomic E-state index is -0.205. The van der Waals surface area contributed by atoms with Gasteiger partial charge in [0, 0.05) is 27.1 Å². The van der Waals surface area contributed by atoms with Crippen molar-refractivity contribution in [1.29, 1.82) is 0 Å². The Hall–Kier alpha value is -5.80. The molecule has 1 aliphatic carbocycles. The second-order valence-corrected chi connectivity index (χ2v) is 13.0. The van der Waals surface area contributed by atoms with Gasteiger partial charge in [-0.2, -0.15) is 0 Å². The van der Waals surface area contributed by atoms with Crippen molar-refractivity contribution >= 4 is 54.3 Å². The molecule has 2 aromatic heterocycles. The van der Waals surface area contributed by atoms with Crippen LogP contribution in [0.1, 0.15) is 25.0 Å². The summed E-state index contributed by atoms with van der Waals surface area (Å²) in [7, 11) is 0. The summed E-state index contributed by atoms with van der Waals surface area (Å²) in [5.74, 6) is 0.686. The molecular weight excluding hydrogens is 558 g/mol. The summed E-state index contributed by atoms with van der Waals surface area (Å²) in [6.45, 7) is 4.72. The van der Waals surface area contributed by atoms with E-state index in [4.69, 9.17) is 9.97 Å². The first kappa shape index (κ1) is 25.5. The SMILES string of the molecule is CC1(C)c2ccccc2-c2c1c(-c1nc(-n3c4ccccc4c4cc5ccccc5cc43)nc3ccccc13)cc1ccccc21. The lowest BCUT2D eigenvalue weighted by Crippen LogP contribution is -2.17. The first-order valence-corrected chi connectivity index (χ1v) is 15.9. The van der Waals surface area contributed by atoms with Crippen molar-refractivity contribution < 1.29 is 0 Å². The van der Waals surface area contributed by atoms with Crippen LogP contribution in [0.4, 0.5) is 0 Å². The van der Waals surface area contributed by atoms with E-state index in [2.05, 4.69) is 158 Å². The van der Waals surface area contributed by atoms with Gasteiger partial charge in [-0.05, 0) is 74.1 Å². The average molecular weight is 588 g/mol. The molecule has 0 aliphatic heterocycles. The zero-order valence-corrected chi connectivity index (χ0v) is 25.6. The molecule has 1 aliphatic rings. The number of nitrogens with zero attached hydrogens (tertiary/aromatic N) is 3. The molecule has 46 heavy (non-hydrogen) atoms. The fourth-order valence-electron chi connectivity index (χ4n) is 8.08. The topological polar surface area (TPSA) is 30.7 Å².